The Bertz CT molecular complexity index is 355. The van der Waals surface area contributed by atoms with Crippen LogP contribution in [0.5, 0.6) is 0 Å². The molecular formula is C15H24O3. The topological polar surface area (TPSA) is 38.7 Å². The molecule has 1 heterocycles. The highest BCUT2D eigenvalue weighted by Gasteiger charge is 2.65. The van der Waals surface area contributed by atoms with Crippen LogP contribution in [-0.2, 0) is 9.47 Å². The molecule has 3 aliphatic carbocycles. The van der Waals surface area contributed by atoms with Crippen LogP contribution >= 0.6 is 0 Å². The van der Waals surface area contributed by atoms with Crippen LogP contribution in [0.2, 0.25) is 0 Å². The molecule has 1 spiro atoms. The van der Waals surface area contributed by atoms with Crippen molar-refractivity contribution in [2.45, 2.75) is 51.4 Å². The van der Waals surface area contributed by atoms with Crippen LogP contribution in [0.3, 0.4) is 0 Å². The minimum absolute atomic E-state index is 0.107. The third kappa shape index (κ3) is 1.41. The van der Waals surface area contributed by atoms with Gasteiger partial charge in [-0.1, -0.05) is 13.8 Å². The van der Waals surface area contributed by atoms with Crippen molar-refractivity contribution in [3.63, 3.8) is 0 Å². The van der Waals surface area contributed by atoms with E-state index in [0.29, 0.717) is 17.8 Å². The Hall–Kier alpha value is -0.120. The second-order valence-electron chi connectivity index (χ2n) is 7.75. The third-order valence-corrected chi connectivity index (χ3v) is 5.89. The molecule has 0 bridgehead atoms. The van der Waals surface area contributed by atoms with Gasteiger partial charge in [-0.2, -0.15) is 0 Å². The number of aliphatic hydroxyl groups excluding tert-OH is 1. The summed E-state index contributed by atoms with van der Waals surface area (Å²) in [5, 5.41) is 10.2. The molecule has 3 heteroatoms. The van der Waals surface area contributed by atoms with Crippen molar-refractivity contribution in [2.75, 3.05) is 13.2 Å². The summed E-state index contributed by atoms with van der Waals surface area (Å²) in [5.74, 6) is 2.03. The van der Waals surface area contributed by atoms with Crippen molar-refractivity contribution in [3.8, 4) is 0 Å². The Labute approximate surface area is 109 Å². The van der Waals surface area contributed by atoms with E-state index in [9.17, 15) is 5.11 Å². The van der Waals surface area contributed by atoms with Crippen molar-refractivity contribution in [2.24, 2.45) is 29.1 Å². The van der Waals surface area contributed by atoms with Crippen LogP contribution in [0.4, 0.5) is 0 Å². The van der Waals surface area contributed by atoms with Crippen molar-refractivity contribution < 1.29 is 14.6 Å². The van der Waals surface area contributed by atoms with Crippen LogP contribution in [0, 0.1) is 29.1 Å². The monoisotopic (exact) mass is 252 g/mol. The highest BCUT2D eigenvalue weighted by molar-refractivity contribution is 5.10. The van der Waals surface area contributed by atoms with E-state index in [1.807, 2.05) is 0 Å². The molecule has 0 radical (unpaired) electrons. The lowest BCUT2D eigenvalue weighted by atomic mass is 9.89. The maximum atomic E-state index is 10.2. The largest absolute Gasteiger partial charge is 0.393 e. The molecule has 1 N–H and O–H groups in total. The molecule has 0 aromatic heterocycles. The van der Waals surface area contributed by atoms with Gasteiger partial charge in [-0.3, -0.25) is 0 Å². The third-order valence-electron chi connectivity index (χ3n) is 5.89. The average Bonchev–Trinajstić information content (AvgIpc) is 2.92. The van der Waals surface area contributed by atoms with Gasteiger partial charge in [0.1, 0.15) is 0 Å². The van der Waals surface area contributed by atoms with Gasteiger partial charge >= 0.3 is 0 Å². The maximum Gasteiger partial charge on any atom is 0.171 e. The van der Waals surface area contributed by atoms with E-state index >= 15 is 0 Å². The van der Waals surface area contributed by atoms with Gasteiger partial charge in [0.2, 0.25) is 0 Å². The SMILES string of the molecule is CC1(C)COC2(C[C@H]3CC[C@@H]4[C@H]3[C@H]2C[C@@H]4O)OC1. The van der Waals surface area contributed by atoms with Crippen LogP contribution in [0.25, 0.3) is 0 Å². The zero-order chi connectivity index (χ0) is 12.5. The van der Waals surface area contributed by atoms with Crippen LogP contribution in [0.1, 0.15) is 39.5 Å². The maximum absolute atomic E-state index is 10.2. The van der Waals surface area contributed by atoms with E-state index in [0.717, 1.165) is 32.0 Å². The normalized spacial score (nSPS) is 51.8. The molecule has 0 amide bonds. The van der Waals surface area contributed by atoms with Crippen molar-refractivity contribution in [3.05, 3.63) is 0 Å². The quantitative estimate of drug-likeness (QED) is 0.718. The molecule has 4 fully saturated rings. The van der Waals surface area contributed by atoms with E-state index in [2.05, 4.69) is 13.8 Å². The number of fused-ring (bicyclic) bond motifs is 1. The predicted octanol–water partition coefficient (Wildman–Crippen LogP) is 2.18. The molecule has 4 rings (SSSR count). The average molecular weight is 252 g/mol. The lowest BCUT2D eigenvalue weighted by molar-refractivity contribution is -0.316. The smallest absolute Gasteiger partial charge is 0.171 e. The second-order valence-corrected chi connectivity index (χ2v) is 7.75. The lowest BCUT2D eigenvalue weighted by Gasteiger charge is -2.44. The summed E-state index contributed by atoms with van der Waals surface area (Å²) < 4.78 is 12.4. The molecule has 0 unspecified atom stereocenters. The second kappa shape index (κ2) is 3.50. The zero-order valence-corrected chi connectivity index (χ0v) is 11.4. The highest BCUT2D eigenvalue weighted by atomic mass is 16.7. The first-order chi connectivity index (χ1) is 8.51. The van der Waals surface area contributed by atoms with E-state index in [4.69, 9.17) is 9.47 Å². The molecule has 1 saturated heterocycles. The molecule has 3 saturated carbocycles. The lowest BCUT2D eigenvalue weighted by Crippen LogP contribution is -2.50. The number of hydrogen-bond donors (Lipinski definition) is 1. The molecule has 4 aliphatic rings. The molecule has 0 aromatic rings. The van der Waals surface area contributed by atoms with Gasteiger partial charge in [-0.15, -0.1) is 0 Å². The van der Waals surface area contributed by atoms with Crippen LogP contribution in [0.15, 0.2) is 0 Å². The van der Waals surface area contributed by atoms with Gasteiger partial charge in [0, 0.05) is 17.8 Å². The summed E-state index contributed by atoms with van der Waals surface area (Å²) in [7, 11) is 0. The minimum atomic E-state index is -0.346. The Morgan fingerprint density at radius 2 is 1.83 bits per heavy atom. The molecule has 18 heavy (non-hydrogen) atoms. The Morgan fingerprint density at radius 3 is 2.56 bits per heavy atom. The predicted molar refractivity (Wildman–Crippen MR) is 66.9 cm³/mol. The number of aliphatic hydroxyl groups is 1. The van der Waals surface area contributed by atoms with E-state index < -0.39 is 0 Å². The fraction of sp³-hybridized carbons (Fsp3) is 1.00. The zero-order valence-electron chi connectivity index (χ0n) is 11.4. The molecule has 5 atom stereocenters. The van der Waals surface area contributed by atoms with Crippen molar-refractivity contribution >= 4 is 0 Å². The van der Waals surface area contributed by atoms with Crippen LogP contribution < -0.4 is 0 Å². The Kier molecular flexibility index (Phi) is 2.27. The van der Waals surface area contributed by atoms with Crippen molar-refractivity contribution in [1.82, 2.24) is 0 Å². The molecule has 1 aliphatic heterocycles. The van der Waals surface area contributed by atoms with Crippen LogP contribution in [-0.4, -0.2) is 30.2 Å². The van der Waals surface area contributed by atoms with Gasteiger partial charge in [0.05, 0.1) is 19.3 Å². The van der Waals surface area contributed by atoms with E-state index in [-0.39, 0.29) is 17.3 Å². The number of ether oxygens (including phenoxy) is 2. The summed E-state index contributed by atoms with van der Waals surface area (Å²) in [6, 6.07) is 0. The summed E-state index contributed by atoms with van der Waals surface area (Å²) in [5.41, 5.74) is 0.138. The highest BCUT2D eigenvalue weighted by Crippen LogP contribution is 2.64. The van der Waals surface area contributed by atoms with E-state index in [1.165, 1.54) is 12.8 Å². The van der Waals surface area contributed by atoms with Gasteiger partial charge in [-0.05, 0) is 37.0 Å². The first-order valence-electron chi connectivity index (χ1n) is 7.47. The van der Waals surface area contributed by atoms with Gasteiger partial charge in [0.25, 0.3) is 0 Å². The van der Waals surface area contributed by atoms with Gasteiger partial charge in [-0.25, -0.2) is 0 Å². The molecule has 102 valence electrons. The summed E-state index contributed by atoms with van der Waals surface area (Å²) >= 11 is 0. The molecule has 0 aromatic carbocycles. The molecule has 3 nitrogen and oxygen atoms in total. The fourth-order valence-corrected chi connectivity index (χ4v) is 5.09. The van der Waals surface area contributed by atoms with E-state index in [1.54, 1.807) is 0 Å². The standard InChI is InChI=1S/C15H24O3/c1-14(2)7-17-15(18-8-14)6-9-3-4-10-12(16)5-11(15)13(9)10/h9-13,16H,3-8H2,1-2H3/t9-,10+,11-,12+,13+/m1/s1. The Morgan fingerprint density at radius 1 is 1.11 bits per heavy atom. The fourth-order valence-electron chi connectivity index (χ4n) is 5.09. The van der Waals surface area contributed by atoms with Gasteiger partial charge < -0.3 is 14.6 Å². The minimum Gasteiger partial charge on any atom is -0.393 e. The Balaban J connectivity index is 1.61. The van der Waals surface area contributed by atoms with Crippen molar-refractivity contribution in [1.29, 1.82) is 0 Å². The first kappa shape index (κ1) is 11.7. The summed E-state index contributed by atoms with van der Waals surface area (Å²) in [6.45, 7) is 5.98. The molecular weight excluding hydrogens is 228 g/mol. The summed E-state index contributed by atoms with van der Waals surface area (Å²) in [4.78, 5) is 0. The number of rotatable bonds is 0. The van der Waals surface area contributed by atoms with Gasteiger partial charge in [0.15, 0.2) is 5.79 Å². The summed E-state index contributed by atoms with van der Waals surface area (Å²) in [6.07, 6.45) is 4.34. The number of hydrogen-bond acceptors (Lipinski definition) is 3. The first-order valence-corrected chi connectivity index (χ1v) is 7.47.